The van der Waals surface area contributed by atoms with E-state index >= 15 is 0 Å². The first-order valence-electron chi connectivity index (χ1n) is 7.24. The summed E-state index contributed by atoms with van der Waals surface area (Å²) < 4.78 is 3.13. The van der Waals surface area contributed by atoms with Gasteiger partial charge in [-0.3, -0.25) is 10.1 Å². The average Bonchev–Trinajstić information content (AvgIpc) is 2.54. The number of halogens is 5. The number of hydrogen-bond acceptors (Lipinski definition) is 3. The molecule has 1 N–H and O–H groups in total. The minimum atomic E-state index is -2.01. The highest BCUT2D eigenvalue weighted by Gasteiger charge is 2.38. The van der Waals surface area contributed by atoms with Crippen molar-refractivity contribution in [2.45, 2.75) is 16.3 Å². The molecule has 26 heavy (non-hydrogen) atoms. The van der Waals surface area contributed by atoms with Crippen LogP contribution in [0.15, 0.2) is 48.5 Å². The van der Waals surface area contributed by atoms with Crippen molar-refractivity contribution in [3.8, 4) is 0 Å². The Morgan fingerprint density at radius 1 is 1.04 bits per heavy atom. The molecule has 1 amide bonds. The summed E-state index contributed by atoms with van der Waals surface area (Å²) in [5.41, 5.74) is 0.676. The minimum Gasteiger partial charge on any atom is -0.441 e. The van der Waals surface area contributed by atoms with Crippen LogP contribution in [0.4, 0.5) is 10.5 Å². The summed E-state index contributed by atoms with van der Waals surface area (Å²) in [5, 5.41) is 3.01. The number of Topliss-reactive ketones (excluding diaryl/α,β-unsaturated/α-hetero) is 1. The molecule has 138 valence electrons. The molecule has 1 atom stereocenters. The minimum absolute atomic E-state index is 0.152. The lowest BCUT2D eigenvalue weighted by Gasteiger charge is -2.24. The van der Waals surface area contributed by atoms with Gasteiger partial charge < -0.3 is 4.74 Å². The Balaban J connectivity index is 2.10. The van der Waals surface area contributed by atoms with Gasteiger partial charge in [0.2, 0.25) is 3.79 Å². The predicted molar refractivity (Wildman–Crippen MR) is 106 cm³/mol. The monoisotopic (exact) mass is 453 g/mol. The first-order valence-corrected chi connectivity index (χ1v) is 9.13. The van der Waals surface area contributed by atoms with E-state index in [4.69, 9.17) is 62.7 Å². The Morgan fingerprint density at radius 2 is 1.69 bits per heavy atom. The lowest BCUT2D eigenvalue weighted by molar-refractivity contribution is 0.0812. The van der Waals surface area contributed by atoms with Crippen LogP contribution in [0.2, 0.25) is 10.0 Å². The van der Waals surface area contributed by atoms with Crippen molar-refractivity contribution in [3.63, 3.8) is 0 Å². The number of anilines is 1. The van der Waals surface area contributed by atoms with Gasteiger partial charge in [-0.25, -0.2) is 4.79 Å². The van der Waals surface area contributed by atoms with E-state index in [1.807, 2.05) is 0 Å². The largest absolute Gasteiger partial charge is 0.441 e. The third-order valence-electron chi connectivity index (χ3n) is 3.24. The summed E-state index contributed by atoms with van der Waals surface area (Å²) in [7, 11) is 0. The van der Waals surface area contributed by atoms with Crippen molar-refractivity contribution in [1.29, 1.82) is 0 Å². The number of ether oxygens (including phenoxy) is 1. The summed E-state index contributed by atoms with van der Waals surface area (Å²) >= 11 is 29.4. The van der Waals surface area contributed by atoms with E-state index < -0.39 is 21.8 Å². The van der Waals surface area contributed by atoms with E-state index in [1.54, 1.807) is 30.3 Å². The molecular formula is C17H12Cl5NO3. The molecule has 0 aliphatic rings. The van der Waals surface area contributed by atoms with E-state index in [9.17, 15) is 9.59 Å². The van der Waals surface area contributed by atoms with Crippen LogP contribution < -0.4 is 5.32 Å². The molecule has 2 aromatic rings. The van der Waals surface area contributed by atoms with Crippen LogP contribution in [0.3, 0.4) is 0 Å². The Hall–Kier alpha value is -1.17. The molecule has 2 rings (SSSR count). The molecule has 0 saturated carbocycles. The number of carbonyl (C=O) groups excluding carboxylic acids is 2. The first kappa shape index (κ1) is 21.1. The third-order valence-corrected chi connectivity index (χ3v) is 4.51. The zero-order chi connectivity index (χ0) is 19.3. The molecule has 0 aromatic heterocycles. The normalized spacial score (nSPS) is 12.3. The molecule has 1 unspecified atom stereocenters. The highest BCUT2D eigenvalue weighted by molar-refractivity contribution is 6.68. The molecule has 4 nitrogen and oxygen atoms in total. The Morgan fingerprint density at radius 3 is 2.27 bits per heavy atom. The van der Waals surface area contributed by atoms with Gasteiger partial charge in [0, 0.05) is 16.3 Å². The van der Waals surface area contributed by atoms with Crippen LogP contribution in [-0.2, 0) is 4.74 Å². The lowest BCUT2D eigenvalue weighted by Crippen LogP contribution is -2.35. The smallest absolute Gasteiger partial charge is 0.412 e. The second-order valence-corrected chi connectivity index (χ2v) is 8.39. The van der Waals surface area contributed by atoms with Crippen LogP contribution in [0.1, 0.15) is 16.8 Å². The van der Waals surface area contributed by atoms with Crippen molar-refractivity contribution in [2.24, 2.45) is 0 Å². The van der Waals surface area contributed by atoms with Crippen LogP contribution in [0.25, 0.3) is 0 Å². The molecule has 0 radical (unpaired) electrons. The zero-order valence-electron chi connectivity index (χ0n) is 13.0. The Bertz CT molecular complexity index is 793. The SMILES string of the molecule is O=C(Nc1ccccc1)OC(CC(=O)c1ccc(Cl)cc1Cl)C(Cl)(Cl)Cl. The topological polar surface area (TPSA) is 55.4 Å². The van der Waals surface area contributed by atoms with E-state index in [0.717, 1.165) is 0 Å². The average molecular weight is 456 g/mol. The van der Waals surface area contributed by atoms with Gasteiger partial charge in [0.05, 0.1) is 11.4 Å². The van der Waals surface area contributed by atoms with Gasteiger partial charge in [-0.15, -0.1) is 0 Å². The standard InChI is InChI=1S/C17H12Cl5NO3/c18-10-6-7-12(13(19)8-10)14(24)9-15(17(20,21)22)26-16(25)23-11-4-2-1-3-5-11/h1-8,15H,9H2,(H,23,25). The zero-order valence-corrected chi connectivity index (χ0v) is 16.8. The quantitative estimate of drug-likeness (QED) is 0.411. The maximum Gasteiger partial charge on any atom is 0.412 e. The Labute approximate surface area is 175 Å². The van der Waals surface area contributed by atoms with Gasteiger partial charge in [-0.1, -0.05) is 76.2 Å². The van der Waals surface area contributed by atoms with Crippen molar-refractivity contribution in [3.05, 3.63) is 64.1 Å². The summed E-state index contributed by atoms with van der Waals surface area (Å²) in [6.07, 6.45) is -2.56. The fourth-order valence-electron chi connectivity index (χ4n) is 2.02. The first-order chi connectivity index (χ1) is 12.2. The summed E-state index contributed by atoms with van der Waals surface area (Å²) in [5.74, 6) is -0.462. The molecule has 2 aromatic carbocycles. The number of carbonyl (C=O) groups is 2. The van der Waals surface area contributed by atoms with Crippen molar-refractivity contribution < 1.29 is 14.3 Å². The van der Waals surface area contributed by atoms with E-state index in [0.29, 0.717) is 10.7 Å². The molecule has 0 fully saturated rings. The number of nitrogens with one attached hydrogen (secondary N) is 1. The number of rotatable bonds is 5. The number of hydrogen-bond donors (Lipinski definition) is 1. The lowest BCUT2D eigenvalue weighted by atomic mass is 10.1. The molecule has 0 bridgehead atoms. The number of benzene rings is 2. The highest BCUT2D eigenvalue weighted by atomic mass is 35.6. The molecule has 0 saturated heterocycles. The number of alkyl halides is 3. The fourth-order valence-corrected chi connectivity index (χ4v) is 2.90. The highest BCUT2D eigenvalue weighted by Crippen LogP contribution is 2.35. The number of amides is 1. The van der Waals surface area contributed by atoms with Gasteiger partial charge in [0.15, 0.2) is 11.9 Å². The third kappa shape index (κ3) is 6.22. The number of ketones is 1. The van der Waals surface area contributed by atoms with E-state index in [2.05, 4.69) is 5.32 Å². The van der Waals surface area contributed by atoms with Gasteiger partial charge in [-0.2, -0.15) is 0 Å². The van der Waals surface area contributed by atoms with Crippen LogP contribution >= 0.6 is 58.0 Å². The second-order valence-electron chi connectivity index (χ2n) is 5.18. The maximum absolute atomic E-state index is 12.5. The Kier molecular flexibility index (Phi) is 7.44. The fraction of sp³-hybridized carbons (Fsp3) is 0.176. The van der Waals surface area contributed by atoms with Crippen molar-refractivity contribution >= 4 is 75.6 Å². The van der Waals surface area contributed by atoms with Crippen molar-refractivity contribution in [1.82, 2.24) is 0 Å². The summed E-state index contributed by atoms with van der Waals surface area (Å²) in [6.45, 7) is 0. The molecule has 0 aliphatic carbocycles. The van der Waals surface area contributed by atoms with Crippen LogP contribution in [0, 0.1) is 0 Å². The van der Waals surface area contributed by atoms with E-state index in [-0.39, 0.29) is 17.0 Å². The van der Waals surface area contributed by atoms with Gasteiger partial charge >= 0.3 is 6.09 Å². The van der Waals surface area contributed by atoms with Gasteiger partial charge in [0.25, 0.3) is 0 Å². The van der Waals surface area contributed by atoms with Gasteiger partial charge in [0.1, 0.15) is 0 Å². The summed E-state index contributed by atoms with van der Waals surface area (Å²) in [6, 6.07) is 12.9. The second kappa shape index (κ2) is 9.16. The maximum atomic E-state index is 12.5. The molecule has 0 aliphatic heterocycles. The molecule has 0 heterocycles. The van der Waals surface area contributed by atoms with E-state index in [1.165, 1.54) is 18.2 Å². The number of para-hydroxylation sites is 1. The predicted octanol–water partition coefficient (Wildman–Crippen LogP) is 6.55. The van der Waals surface area contributed by atoms with Crippen LogP contribution in [-0.4, -0.2) is 21.8 Å². The molecule has 0 spiro atoms. The van der Waals surface area contributed by atoms with Gasteiger partial charge in [-0.05, 0) is 30.3 Å². The van der Waals surface area contributed by atoms with Crippen molar-refractivity contribution in [2.75, 3.05) is 5.32 Å². The molecular weight excluding hydrogens is 443 g/mol. The van der Waals surface area contributed by atoms with Crippen LogP contribution in [0.5, 0.6) is 0 Å². The molecule has 9 heteroatoms. The summed E-state index contributed by atoms with van der Waals surface area (Å²) in [4.78, 5) is 24.5.